The minimum Gasteiger partial charge on any atom is -0.496 e. The van der Waals surface area contributed by atoms with Crippen LogP contribution in [0.5, 0.6) is 5.75 Å². The van der Waals surface area contributed by atoms with Gasteiger partial charge in [-0.1, -0.05) is 6.07 Å². The molecule has 0 bridgehead atoms. The van der Waals surface area contributed by atoms with Crippen LogP contribution in [-0.2, 0) is 0 Å². The molecule has 1 rings (SSSR count). The van der Waals surface area contributed by atoms with E-state index in [2.05, 4.69) is 30.9 Å². The molecular weight excluding hydrogens is 222 g/mol. The quantitative estimate of drug-likeness (QED) is 0.751. The van der Waals surface area contributed by atoms with Gasteiger partial charge in [-0.2, -0.15) is 0 Å². The highest BCUT2D eigenvalue weighted by Gasteiger charge is 2.16. The summed E-state index contributed by atoms with van der Waals surface area (Å²) in [4.78, 5) is 2.14. The Bertz CT molecular complexity index is 363. The van der Waals surface area contributed by atoms with Crippen molar-refractivity contribution in [3.63, 3.8) is 0 Å². The topological polar surface area (TPSA) is 12.5 Å². The monoisotopic (exact) mass is 241 g/mol. The molecular formula is C13H20ClNO. The van der Waals surface area contributed by atoms with E-state index in [1.165, 1.54) is 11.1 Å². The van der Waals surface area contributed by atoms with Crippen LogP contribution in [0.25, 0.3) is 0 Å². The minimum absolute atomic E-state index is 0.256. The highest BCUT2D eigenvalue weighted by molar-refractivity contribution is 6.18. The second-order valence-electron chi connectivity index (χ2n) is 4.31. The molecule has 0 aromatic heterocycles. The van der Waals surface area contributed by atoms with Crippen LogP contribution < -0.4 is 4.74 Å². The van der Waals surface area contributed by atoms with Crippen molar-refractivity contribution < 1.29 is 4.74 Å². The van der Waals surface area contributed by atoms with Crippen LogP contribution in [-0.4, -0.2) is 32.0 Å². The zero-order valence-electron chi connectivity index (χ0n) is 10.7. The Hall–Kier alpha value is -0.730. The molecule has 1 atom stereocenters. The summed E-state index contributed by atoms with van der Waals surface area (Å²) in [6.07, 6.45) is 0. The molecule has 0 radical (unpaired) electrons. The number of alkyl halides is 1. The molecule has 0 aliphatic heterocycles. The van der Waals surface area contributed by atoms with E-state index in [-0.39, 0.29) is 6.04 Å². The van der Waals surface area contributed by atoms with Crippen molar-refractivity contribution in [1.29, 1.82) is 0 Å². The summed E-state index contributed by atoms with van der Waals surface area (Å²) in [5, 5.41) is 0. The number of nitrogens with zero attached hydrogens (tertiary/aromatic N) is 1. The molecule has 0 saturated heterocycles. The SMILES string of the molecule is COc1cc(C)c(C(CCl)N(C)C)cc1C. The molecule has 2 nitrogen and oxygen atoms in total. The van der Waals surface area contributed by atoms with Gasteiger partial charge < -0.3 is 9.64 Å². The Morgan fingerprint density at radius 1 is 1.25 bits per heavy atom. The summed E-state index contributed by atoms with van der Waals surface area (Å²) in [6, 6.07) is 4.50. The third kappa shape index (κ3) is 2.69. The van der Waals surface area contributed by atoms with E-state index < -0.39 is 0 Å². The molecule has 90 valence electrons. The lowest BCUT2D eigenvalue weighted by atomic mass is 9.98. The van der Waals surface area contributed by atoms with E-state index in [0.29, 0.717) is 5.88 Å². The van der Waals surface area contributed by atoms with Gasteiger partial charge >= 0.3 is 0 Å². The van der Waals surface area contributed by atoms with Gasteiger partial charge in [0.15, 0.2) is 0 Å². The minimum atomic E-state index is 0.256. The third-order valence-electron chi connectivity index (χ3n) is 2.91. The van der Waals surface area contributed by atoms with Crippen molar-refractivity contribution in [1.82, 2.24) is 4.90 Å². The molecule has 3 heteroatoms. The normalized spacial score (nSPS) is 12.9. The number of halogens is 1. The lowest BCUT2D eigenvalue weighted by Gasteiger charge is -2.25. The van der Waals surface area contributed by atoms with Crippen LogP contribution in [0.1, 0.15) is 22.7 Å². The lowest BCUT2D eigenvalue weighted by molar-refractivity contribution is 0.323. The number of ether oxygens (including phenoxy) is 1. The molecule has 0 aliphatic rings. The fourth-order valence-electron chi connectivity index (χ4n) is 1.89. The average Bonchev–Trinajstić information content (AvgIpc) is 2.23. The van der Waals surface area contributed by atoms with Crippen molar-refractivity contribution in [3.8, 4) is 5.75 Å². The Labute approximate surface area is 103 Å². The van der Waals surface area contributed by atoms with Gasteiger partial charge in [0.05, 0.1) is 7.11 Å². The first-order valence-corrected chi connectivity index (χ1v) is 5.92. The van der Waals surface area contributed by atoms with Crippen LogP contribution in [0.15, 0.2) is 12.1 Å². The van der Waals surface area contributed by atoms with E-state index in [1.807, 2.05) is 14.1 Å². The van der Waals surface area contributed by atoms with Crippen molar-refractivity contribution >= 4 is 11.6 Å². The molecule has 0 saturated carbocycles. The summed E-state index contributed by atoms with van der Waals surface area (Å²) in [5.74, 6) is 1.54. The maximum Gasteiger partial charge on any atom is 0.122 e. The van der Waals surface area contributed by atoms with Gasteiger partial charge in [0.1, 0.15) is 5.75 Å². The van der Waals surface area contributed by atoms with Crippen LogP contribution >= 0.6 is 11.6 Å². The Morgan fingerprint density at radius 3 is 2.31 bits per heavy atom. The molecule has 0 N–H and O–H groups in total. The molecule has 0 amide bonds. The zero-order valence-corrected chi connectivity index (χ0v) is 11.4. The molecule has 16 heavy (non-hydrogen) atoms. The molecule has 0 heterocycles. The summed E-state index contributed by atoms with van der Waals surface area (Å²) < 4.78 is 5.31. The van der Waals surface area contributed by atoms with Gasteiger partial charge in [-0.25, -0.2) is 0 Å². The largest absolute Gasteiger partial charge is 0.496 e. The Morgan fingerprint density at radius 2 is 1.88 bits per heavy atom. The van der Waals surface area contributed by atoms with Crippen LogP contribution in [0.4, 0.5) is 0 Å². The lowest BCUT2D eigenvalue weighted by Crippen LogP contribution is -2.22. The van der Waals surface area contributed by atoms with Gasteiger partial charge in [-0.05, 0) is 50.7 Å². The summed E-state index contributed by atoms with van der Waals surface area (Å²) in [6.45, 7) is 4.16. The van der Waals surface area contributed by atoms with Gasteiger partial charge in [0.2, 0.25) is 0 Å². The Kier molecular flexibility index (Phi) is 4.63. The second kappa shape index (κ2) is 5.55. The number of hydrogen-bond donors (Lipinski definition) is 0. The van der Waals surface area contributed by atoms with Crippen LogP contribution in [0.2, 0.25) is 0 Å². The van der Waals surface area contributed by atoms with E-state index >= 15 is 0 Å². The highest BCUT2D eigenvalue weighted by atomic mass is 35.5. The van der Waals surface area contributed by atoms with Gasteiger partial charge in [-0.3, -0.25) is 0 Å². The number of aryl methyl sites for hydroxylation is 2. The fraction of sp³-hybridized carbons (Fsp3) is 0.538. The number of hydrogen-bond acceptors (Lipinski definition) is 2. The van der Waals surface area contributed by atoms with E-state index in [4.69, 9.17) is 16.3 Å². The maximum absolute atomic E-state index is 6.02. The molecule has 0 spiro atoms. The Balaban J connectivity index is 3.18. The van der Waals surface area contributed by atoms with E-state index in [0.717, 1.165) is 11.3 Å². The summed E-state index contributed by atoms with van der Waals surface area (Å²) in [5.41, 5.74) is 3.65. The van der Waals surface area contributed by atoms with Crippen LogP contribution in [0, 0.1) is 13.8 Å². The number of methoxy groups -OCH3 is 1. The van der Waals surface area contributed by atoms with Crippen molar-refractivity contribution in [3.05, 3.63) is 28.8 Å². The van der Waals surface area contributed by atoms with Crippen molar-refractivity contribution in [2.24, 2.45) is 0 Å². The van der Waals surface area contributed by atoms with Crippen molar-refractivity contribution in [2.45, 2.75) is 19.9 Å². The summed E-state index contributed by atoms with van der Waals surface area (Å²) >= 11 is 6.02. The predicted octanol–water partition coefficient (Wildman–Crippen LogP) is 3.15. The molecule has 1 aromatic rings. The smallest absolute Gasteiger partial charge is 0.122 e. The standard InChI is InChI=1S/C13H20ClNO/c1-9-7-13(16-5)10(2)6-11(9)12(8-14)15(3)4/h6-7,12H,8H2,1-5H3. The van der Waals surface area contributed by atoms with Gasteiger partial charge in [0, 0.05) is 11.9 Å². The first-order chi connectivity index (χ1) is 7.51. The van der Waals surface area contributed by atoms with Gasteiger partial charge in [0.25, 0.3) is 0 Å². The third-order valence-corrected chi connectivity index (χ3v) is 3.20. The van der Waals surface area contributed by atoms with E-state index in [9.17, 15) is 0 Å². The zero-order chi connectivity index (χ0) is 12.3. The van der Waals surface area contributed by atoms with Crippen molar-refractivity contribution in [2.75, 3.05) is 27.1 Å². The molecule has 1 unspecified atom stereocenters. The first-order valence-electron chi connectivity index (χ1n) is 5.38. The highest BCUT2D eigenvalue weighted by Crippen LogP contribution is 2.29. The fourth-order valence-corrected chi connectivity index (χ4v) is 2.33. The first kappa shape index (κ1) is 13.3. The van der Waals surface area contributed by atoms with Crippen LogP contribution in [0.3, 0.4) is 0 Å². The maximum atomic E-state index is 6.02. The second-order valence-corrected chi connectivity index (χ2v) is 4.62. The molecule has 0 fully saturated rings. The number of rotatable bonds is 4. The molecule has 0 aliphatic carbocycles. The predicted molar refractivity (Wildman–Crippen MR) is 69.6 cm³/mol. The average molecular weight is 242 g/mol. The summed E-state index contributed by atoms with van der Waals surface area (Å²) in [7, 11) is 5.80. The number of benzene rings is 1. The van der Waals surface area contributed by atoms with Gasteiger partial charge in [-0.15, -0.1) is 11.6 Å². The van der Waals surface area contributed by atoms with E-state index in [1.54, 1.807) is 7.11 Å². The molecule has 1 aromatic carbocycles.